The molecule has 3 N–H and O–H groups in total. The fourth-order valence-corrected chi connectivity index (χ4v) is 2.85. The first-order valence-electron chi connectivity index (χ1n) is 8.77. The molecular weight excluding hydrogens is 378 g/mol. The number of hydrogen-bond donors (Lipinski definition) is 2. The molecule has 28 heavy (non-hydrogen) atoms. The smallest absolute Gasteiger partial charge is 0.274 e. The Morgan fingerprint density at radius 3 is 2.75 bits per heavy atom. The molecule has 7 nitrogen and oxygen atoms in total. The molecule has 1 heterocycles. The maximum atomic E-state index is 12.6. The van der Waals surface area contributed by atoms with E-state index in [0.29, 0.717) is 34.8 Å². The number of benzene rings is 1. The van der Waals surface area contributed by atoms with Crippen molar-refractivity contribution in [2.24, 2.45) is 10.7 Å². The Kier molecular flexibility index (Phi) is 6.75. The third-order valence-electron chi connectivity index (χ3n) is 4.57. The van der Waals surface area contributed by atoms with Crippen LogP contribution in [-0.4, -0.2) is 35.2 Å². The summed E-state index contributed by atoms with van der Waals surface area (Å²) in [4.78, 5) is 33.3. The zero-order valence-electron chi connectivity index (χ0n) is 16.4. The minimum atomic E-state index is -0.656. The Morgan fingerprint density at radius 1 is 1.43 bits per heavy atom. The van der Waals surface area contributed by atoms with Crippen molar-refractivity contribution in [1.82, 2.24) is 9.88 Å². The summed E-state index contributed by atoms with van der Waals surface area (Å²) in [6, 6.07) is 9.05. The second-order valence-electron chi connectivity index (χ2n) is 6.67. The minimum absolute atomic E-state index is 0.120. The summed E-state index contributed by atoms with van der Waals surface area (Å²) in [5.41, 5.74) is 7.71. The molecule has 0 fully saturated rings. The Morgan fingerprint density at radius 2 is 2.14 bits per heavy atom. The summed E-state index contributed by atoms with van der Waals surface area (Å²) in [5, 5.41) is 3.33. The van der Waals surface area contributed by atoms with Gasteiger partial charge in [-0.3, -0.25) is 14.5 Å². The summed E-state index contributed by atoms with van der Waals surface area (Å²) in [6.07, 6.45) is 2.69. The standard InChI is InChI=1S/C20H24ClN5O2/c1-5-20(3,25-19(22)26(4)12-27)14-7-6-8-16(10-14)24-18(28)17-13(2)9-15(21)11-23-17/h6-12H,5H2,1-4H3,(H2,22,25)(H,24,28)/t20-/m0/s1. The predicted octanol–water partition coefficient (Wildman–Crippen LogP) is 3.32. The number of guanidine groups is 1. The number of nitrogens with two attached hydrogens (primary N) is 1. The molecule has 148 valence electrons. The van der Waals surface area contributed by atoms with Crippen molar-refractivity contribution in [3.63, 3.8) is 0 Å². The van der Waals surface area contributed by atoms with Crippen molar-refractivity contribution in [3.05, 3.63) is 58.4 Å². The van der Waals surface area contributed by atoms with Crippen LogP contribution in [-0.2, 0) is 10.3 Å². The number of aliphatic imine (C=N–C) groups is 1. The fourth-order valence-electron chi connectivity index (χ4n) is 2.63. The first-order chi connectivity index (χ1) is 13.2. The molecule has 0 radical (unpaired) electrons. The van der Waals surface area contributed by atoms with Gasteiger partial charge in [0.25, 0.3) is 5.91 Å². The molecule has 8 heteroatoms. The van der Waals surface area contributed by atoms with Crippen LogP contribution in [0.5, 0.6) is 0 Å². The molecule has 2 rings (SSSR count). The first kappa shape index (κ1) is 21.4. The summed E-state index contributed by atoms with van der Waals surface area (Å²) in [6.45, 7) is 5.67. The lowest BCUT2D eigenvalue weighted by Crippen LogP contribution is -2.36. The van der Waals surface area contributed by atoms with E-state index in [1.54, 1.807) is 26.1 Å². The third-order valence-corrected chi connectivity index (χ3v) is 4.78. The lowest BCUT2D eigenvalue weighted by molar-refractivity contribution is -0.114. The largest absolute Gasteiger partial charge is 0.369 e. The first-order valence-corrected chi connectivity index (χ1v) is 9.15. The number of nitrogens with zero attached hydrogens (tertiary/aromatic N) is 3. The summed E-state index contributed by atoms with van der Waals surface area (Å²) < 4.78 is 0. The van der Waals surface area contributed by atoms with Gasteiger partial charge in [-0.05, 0) is 49.6 Å². The van der Waals surface area contributed by atoms with Crippen LogP contribution < -0.4 is 11.1 Å². The predicted molar refractivity (Wildman–Crippen MR) is 111 cm³/mol. The van der Waals surface area contributed by atoms with Crippen LogP contribution in [0, 0.1) is 6.92 Å². The van der Waals surface area contributed by atoms with Crippen LogP contribution in [0.2, 0.25) is 5.02 Å². The summed E-state index contributed by atoms with van der Waals surface area (Å²) >= 11 is 5.90. The monoisotopic (exact) mass is 401 g/mol. The third kappa shape index (κ3) is 4.86. The van der Waals surface area contributed by atoms with Gasteiger partial charge in [0.15, 0.2) is 5.96 Å². The molecule has 0 unspecified atom stereocenters. The number of hydrogen-bond acceptors (Lipinski definition) is 4. The van der Waals surface area contributed by atoms with E-state index in [0.717, 1.165) is 5.56 Å². The van der Waals surface area contributed by atoms with Gasteiger partial charge in [0.05, 0.1) is 10.6 Å². The molecule has 0 saturated carbocycles. The summed E-state index contributed by atoms with van der Waals surface area (Å²) in [5.74, 6) is -0.206. The van der Waals surface area contributed by atoms with Crippen LogP contribution in [0.4, 0.5) is 5.69 Å². The van der Waals surface area contributed by atoms with Gasteiger partial charge in [0.1, 0.15) is 5.69 Å². The van der Waals surface area contributed by atoms with Crippen LogP contribution in [0.3, 0.4) is 0 Å². The molecule has 2 amide bonds. The van der Waals surface area contributed by atoms with Crippen LogP contribution in [0.15, 0.2) is 41.5 Å². The minimum Gasteiger partial charge on any atom is -0.369 e. The Labute approximate surface area is 169 Å². The number of carbonyl (C=O) groups excluding carboxylic acids is 2. The van der Waals surface area contributed by atoms with E-state index in [1.165, 1.54) is 11.1 Å². The second-order valence-corrected chi connectivity index (χ2v) is 7.10. The van der Waals surface area contributed by atoms with Gasteiger partial charge >= 0.3 is 0 Å². The Hall–Kier alpha value is -2.93. The van der Waals surface area contributed by atoms with E-state index in [2.05, 4.69) is 15.3 Å². The molecule has 2 aromatic rings. The van der Waals surface area contributed by atoms with Crippen molar-refractivity contribution in [1.29, 1.82) is 0 Å². The van der Waals surface area contributed by atoms with Crippen molar-refractivity contribution in [2.75, 3.05) is 12.4 Å². The Balaban J connectivity index is 2.32. The number of anilines is 1. The lowest BCUT2D eigenvalue weighted by Gasteiger charge is -2.26. The molecule has 0 aliphatic rings. The summed E-state index contributed by atoms with van der Waals surface area (Å²) in [7, 11) is 1.54. The number of nitrogens with one attached hydrogen (secondary N) is 1. The molecule has 0 aliphatic heterocycles. The van der Waals surface area contributed by atoms with E-state index in [-0.39, 0.29) is 11.9 Å². The molecule has 1 atom stereocenters. The zero-order chi connectivity index (χ0) is 20.9. The molecule has 0 spiro atoms. The van der Waals surface area contributed by atoms with Crippen LogP contribution in [0.25, 0.3) is 0 Å². The number of pyridine rings is 1. The Bertz CT molecular complexity index is 915. The maximum Gasteiger partial charge on any atom is 0.274 e. The molecule has 1 aromatic heterocycles. The van der Waals surface area contributed by atoms with Gasteiger partial charge in [0.2, 0.25) is 6.41 Å². The molecule has 0 bridgehead atoms. The van der Waals surface area contributed by atoms with Gasteiger partial charge in [0, 0.05) is 18.9 Å². The number of rotatable bonds is 6. The van der Waals surface area contributed by atoms with Gasteiger partial charge < -0.3 is 11.1 Å². The van der Waals surface area contributed by atoms with Crippen molar-refractivity contribution < 1.29 is 9.59 Å². The molecule has 0 aliphatic carbocycles. The van der Waals surface area contributed by atoms with Crippen molar-refractivity contribution in [3.8, 4) is 0 Å². The van der Waals surface area contributed by atoms with Gasteiger partial charge in [-0.25, -0.2) is 9.98 Å². The van der Waals surface area contributed by atoms with E-state index in [9.17, 15) is 9.59 Å². The number of carbonyl (C=O) groups is 2. The number of amides is 2. The van der Waals surface area contributed by atoms with E-state index in [1.807, 2.05) is 32.0 Å². The van der Waals surface area contributed by atoms with Crippen LogP contribution in [0.1, 0.15) is 41.9 Å². The van der Waals surface area contributed by atoms with Crippen molar-refractivity contribution in [2.45, 2.75) is 32.7 Å². The highest BCUT2D eigenvalue weighted by atomic mass is 35.5. The fraction of sp³-hybridized carbons (Fsp3) is 0.300. The molecular formula is C20H24ClN5O2. The number of aryl methyl sites for hydroxylation is 1. The molecule has 1 aromatic carbocycles. The van der Waals surface area contributed by atoms with E-state index < -0.39 is 5.54 Å². The van der Waals surface area contributed by atoms with Gasteiger partial charge in [-0.2, -0.15) is 0 Å². The topological polar surface area (TPSA) is 101 Å². The van der Waals surface area contributed by atoms with Crippen molar-refractivity contribution >= 4 is 35.6 Å². The zero-order valence-corrected chi connectivity index (χ0v) is 17.1. The SMILES string of the molecule is CC[C@](C)(/N=C(/N)N(C)C=O)c1cccc(NC(=O)c2ncc(Cl)cc2C)c1. The highest BCUT2D eigenvalue weighted by Crippen LogP contribution is 2.31. The number of halogens is 1. The molecule has 0 saturated heterocycles. The quantitative estimate of drug-likeness (QED) is 0.440. The average molecular weight is 402 g/mol. The van der Waals surface area contributed by atoms with Gasteiger partial charge in [-0.15, -0.1) is 0 Å². The van der Waals surface area contributed by atoms with E-state index >= 15 is 0 Å². The lowest BCUT2D eigenvalue weighted by atomic mass is 9.89. The van der Waals surface area contributed by atoms with E-state index in [4.69, 9.17) is 17.3 Å². The normalized spacial score (nSPS) is 13.5. The maximum absolute atomic E-state index is 12.6. The highest BCUT2D eigenvalue weighted by molar-refractivity contribution is 6.30. The highest BCUT2D eigenvalue weighted by Gasteiger charge is 2.25. The number of aromatic nitrogens is 1. The van der Waals surface area contributed by atoms with Crippen LogP contribution >= 0.6 is 11.6 Å². The van der Waals surface area contributed by atoms with Gasteiger partial charge in [-0.1, -0.05) is 30.7 Å². The average Bonchev–Trinajstić information content (AvgIpc) is 2.67. The second kappa shape index (κ2) is 8.84.